The molecule has 4 aromatic rings. The van der Waals surface area contributed by atoms with Crippen molar-refractivity contribution in [2.24, 2.45) is 0 Å². The van der Waals surface area contributed by atoms with Gasteiger partial charge in [-0.1, -0.05) is 119 Å². The lowest BCUT2D eigenvalue weighted by atomic mass is 9.64. The minimum absolute atomic E-state index is 0.130. The second-order valence-electron chi connectivity index (χ2n) is 7.49. The fourth-order valence-corrected chi connectivity index (χ4v) is 4.31. The van der Waals surface area contributed by atoms with E-state index in [-0.39, 0.29) is 10.7 Å². The van der Waals surface area contributed by atoms with Gasteiger partial charge in [0.15, 0.2) is 5.82 Å². The molecule has 2 unspecified atom stereocenters. The number of rotatable bonds is 8. The van der Waals surface area contributed by atoms with E-state index in [1.807, 2.05) is 61.5 Å². The van der Waals surface area contributed by atoms with Gasteiger partial charge in [-0.25, -0.2) is 0 Å². The van der Waals surface area contributed by atoms with Gasteiger partial charge in [-0.2, -0.15) is 5.21 Å². The summed E-state index contributed by atoms with van der Waals surface area (Å²) in [5.41, 5.74) is 2.23. The molecule has 32 heavy (non-hydrogen) atoms. The summed E-state index contributed by atoms with van der Waals surface area (Å²) >= 11 is 3.49. The second kappa shape index (κ2) is 9.87. The number of nitrogens with zero attached hydrogens (tertiary/aromatic N) is 3. The zero-order valence-corrected chi connectivity index (χ0v) is 19.2. The molecule has 4 rings (SSSR count). The Balaban J connectivity index is 2.05. The van der Waals surface area contributed by atoms with Crippen LogP contribution in [0.1, 0.15) is 41.9 Å². The maximum Gasteiger partial charge on any atom is 0.234 e. The summed E-state index contributed by atoms with van der Waals surface area (Å²) in [5.74, 6) is 0.278. The monoisotopic (exact) mass is 489 g/mol. The summed E-state index contributed by atoms with van der Waals surface area (Å²) in [6.07, 6.45) is 0.653. The molecule has 2 N–H and O–H groups in total. The fraction of sp³-hybridized carbons (Fsp3) is 0.200. The second-order valence-corrected chi connectivity index (χ2v) is 8.60. The molecule has 0 fully saturated rings. The lowest BCUT2D eigenvalue weighted by Gasteiger charge is -2.41. The molecule has 1 aromatic heterocycles. The zero-order valence-electron chi connectivity index (χ0n) is 17.6. The van der Waals surface area contributed by atoms with Crippen LogP contribution in [0.15, 0.2) is 91.0 Å². The van der Waals surface area contributed by atoms with Crippen LogP contribution in [0.25, 0.3) is 0 Å². The van der Waals surface area contributed by atoms with Gasteiger partial charge in [0.1, 0.15) is 6.04 Å². The SMILES string of the molecule is CCC(Br)C(=O)NC(c1nn[nH]n1)C(c1ccccc1)(c1ccccc1)c1ccccc1. The zero-order chi connectivity index (χ0) is 22.4. The van der Waals surface area contributed by atoms with Crippen molar-refractivity contribution in [3.63, 3.8) is 0 Å². The Hall–Kier alpha value is -3.32. The van der Waals surface area contributed by atoms with Crippen molar-refractivity contribution in [3.8, 4) is 0 Å². The van der Waals surface area contributed by atoms with E-state index in [1.54, 1.807) is 0 Å². The van der Waals surface area contributed by atoms with E-state index in [2.05, 4.69) is 78.3 Å². The number of nitrogens with one attached hydrogen (secondary N) is 2. The highest BCUT2D eigenvalue weighted by atomic mass is 79.9. The van der Waals surface area contributed by atoms with Crippen LogP contribution in [0.3, 0.4) is 0 Å². The van der Waals surface area contributed by atoms with Crippen LogP contribution in [0.4, 0.5) is 0 Å². The number of carbonyl (C=O) groups is 1. The van der Waals surface area contributed by atoms with Gasteiger partial charge in [-0.05, 0) is 23.1 Å². The molecular formula is C25H24BrN5O. The first kappa shape index (κ1) is 21.9. The van der Waals surface area contributed by atoms with Crippen molar-refractivity contribution in [1.29, 1.82) is 0 Å². The third-order valence-corrected chi connectivity index (χ3v) is 6.73. The number of hydrogen-bond donors (Lipinski definition) is 2. The lowest BCUT2D eigenvalue weighted by molar-refractivity contribution is -0.121. The predicted octanol–water partition coefficient (Wildman–Crippen LogP) is 4.57. The van der Waals surface area contributed by atoms with Crippen molar-refractivity contribution >= 4 is 21.8 Å². The predicted molar refractivity (Wildman–Crippen MR) is 127 cm³/mol. The Bertz CT molecular complexity index is 1020. The van der Waals surface area contributed by atoms with Crippen LogP contribution >= 0.6 is 15.9 Å². The standard InChI is InChI=1S/C25H24BrN5O/c1-2-21(26)24(32)27-22(23-28-30-31-29-23)25(18-12-6-3-7-13-18,19-14-8-4-9-15-19)20-16-10-5-11-17-20/h3-17,21-22H,2H2,1H3,(H,27,32)(H,28,29,30,31). The summed E-state index contributed by atoms with van der Waals surface area (Å²) in [4.78, 5) is 12.8. The summed E-state index contributed by atoms with van der Waals surface area (Å²) in [6, 6.07) is 29.8. The van der Waals surface area contributed by atoms with E-state index in [0.29, 0.717) is 12.2 Å². The molecule has 0 saturated heterocycles. The smallest absolute Gasteiger partial charge is 0.234 e. The third kappa shape index (κ3) is 4.08. The van der Waals surface area contributed by atoms with E-state index in [9.17, 15) is 4.79 Å². The summed E-state index contributed by atoms with van der Waals surface area (Å²) in [5, 5.41) is 18.2. The van der Waals surface area contributed by atoms with Crippen LogP contribution < -0.4 is 5.32 Å². The maximum absolute atomic E-state index is 13.2. The molecule has 0 aliphatic heterocycles. The van der Waals surface area contributed by atoms with E-state index in [0.717, 1.165) is 16.7 Å². The van der Waals surface area contributed by atoms with Crippen molar-refractivity contribution in [2.75, 3.05) is 0 Å². The number of carbonyl (C=O) groups excluding carboxylic acids is 1. The largest absolute Gasteiger partial charge is 0.343 e. The van der Waals surface area contributed by atoms with Crippen LogP contribution in [-0.4, -0.2) is 31.4 Å². The molecule has 0 bridgehead atoms. The molecule has 0 aliphatic rings. The van der Waals surface area contributed by atoms with Gasteiger partial charge >= 0.3 is 0 Å². The van der Waals surface area contributed by atoms with Gasteiger partial charge in [0.2, 0.25) is 5.91 Å². The van der Waals surface area contributed by atoms with Gasteiger partial charge in [0, 0.05) is 0 Å². The normalized spacial score (nSPS) is 13.3. The van der Waals surface area contributed by atoms with Gasteiger partial charge in [0.05, 0.1) is 10.2 Å². The molecular weight excluding hydrogens is 466 g/mol. The van der Waals surface area contributed by atoms with Crippen LogP contribution in [0, 0.1) is 0 Å². The highest BCUT2D eigenvalue weighted by Gasteiger charge is 2.47. The van der Waals surface area contributed by atoms with Crippen LogP contribution in [0.2, 0.25) is 0 Å². The molecule has 7 heteroatoms. The van der Waals surface area contributed by atoms with E-state index in [4.69, 9.17) is 0 Å². The van der Waals surface area contributed by atoms with Gasteiger partial charge in [-0.15, -0.1) is 10.2 Å². The van der Waals surface area contributed by atoms with Crippen molar-refractivity contribution < 1.29 is 4.79 Å². The first-order chi connectivity index (χ1) is 15.7. The topological polar surface area (TPSA) is 83.6 Å². The van der Waals surface area contributed by atoms with Gasteiger partial charge in [0.25, 0.3) is 0 Å². The number of aromatic nitrogens is 4. The average molecular weight is 490 g/mol. The molecule has 3 aromatic carbocycles. The lowest BCUT2D eigenvalue weighted by Crippen LogP contribution is -2.48. The molecule has 0 saturated carbocycles. The molecule has 0 radical (unpaired) electrons. The Labute approximate surface area is 195 Å². The minimum atomic E-state index is -0.802. The quantitative estimate of drug-likeness (QED) is 0.280. The number of halogens is 1. The van der Waals surface area contributed by atoms with Crippen molar-refractivity contribution in [1.82, 2.24) is 25.9 Å². The molecule has 6 nitrogen and oxygen atoms in total. The number of benzene rings is 3. The summed E-state index contributed by atoms with van der Waals surface area (Å²) in [7, 11) is 0. The van der Waals surface area contributed by atoms with E-state index < -0.39 is 11.5 Å². The van der Waals surface area contributed by atoms with Crippen LogP contribution in [-0.2, 0) is 10.2 Å². The highest BCUT2D eigenvalue weighted by molar-refractivity contribution is 9.10. The minimum Gasteiger partial charge on any atom is -0.343 e. The Morgan fingerprint density at radius 3 is 1.75 bits per heavy atom. The number of amides is 1. The maximum atomic E-state index is 13.2. The molecule has 1 amide bonds. The highest BCUT2D eigenvalue weighted by Crippen LogP contribution is 2.47. The number of H-pyrrole nitrogens is 1. The Morgan fingerprint density at radius 2 is 1.38 bits per heavy atom. The van der Waals surface area contributed by atoms with Crippen LogP contribution in [0.5, 0.6) is 0 Å². The van der Waals surface area contributed by atoms with Gasteiger partial charge in [-0.3, -0.25) is 4.79 Å². The number of hydrogen-bond acceptors (Lipinski definition) is 4. The molecule has 0 spiro atoms. The number of alkyl halides is 1. The molecule has 162 valence electrons. The molecule has 0 aliphatic carbocycles. The summed E-state index contributed by atoms with van der Waals surface area (Å²) in [6.45, 7) is 1.96. The van der Waals surface area contributed by atoms with Crippen molar-refractivity contribution in [2.45, 2.75) is 29.6 Å². The Morgan fingerprint density at radius 1 is 0.906 bits per heavy atom. The molecule has 2 atom stereocenters. The summed E-state index contributed by atoms with van der Waals surface area (Å²) < 4.78 is 0. The molecule has 1 heterocycles. The third-order valence-electron chi connectivity index (χ3n) is 5.67. The van der Waals surface area contributed by atoms with E-state index in [1.165, 1.54) is 0 Å². The Kier molecular flexibility index (Phi) is 6.75. The number of aromatic amines is 1. The van der Waals surface area contributed by atoms with Gasteiger partial charge < -0.3 is 5.32 Å². The average Bonchev–Trinajstić information content (AvgIpc) is 3.40. The first-order valence-corrected chi connectivity index (χ1v) is 11.4. The number of tetrazole rings is 1. The first-order valence-electron chi connectivity index (χ1n) is 10.5. The van der Waals surface area contributed by atoms with Crippen molar-refractivity contribution in [3.05, 3.63) is 114 Å². The fourth-order valence-electron chi connectivity index (χ4n) is 4.18. The van der Waals surface area contributed by atoms with E-state index >= 15 is 0 Å².